The standard InChI is InChI=1S/C17H24N2O2S2/c1-4-9-23(20,21)13-8-7-12-10-15-16(14(12)11-13)19(6-3)17(22-15)18-5-2/h7-8,11,15-16H,4-6,9-10H2,1-3H3. The summed E-state index contributed by atoms with van der Waals surface area (Å²) in [5, 5.41) is 1.57. The zero-order chi connectivity index (χ0) is 16.6. The van der Waals surface area contributed by atoms with Gasteiger partial charge in [0.25, 0.3) is 0 Å². The van der Waals surface area contributed by atoms with E-state index in [1.165, 1.54) is 11.1 Å². The van der Waals surface area contributed by atoms with E-state index in [-0.39, 0.29) is 11.8 Å². The maximum atomic E-state index is 12.4. The molecule has 0 N–H and O–H groups in total. The van der Waals surface area contributed by atoms with Crippen molar-refractivity contribution in [2.24, 2.45) is 4.99 Å². The van der Waals surface area contributed by atoms with Gasteiger partial charge in [-0.3, -0.25) is 4.99 Å². The smallest absolute Gasteiger partial charge is 0.178 e. The minimum Gasteiger partial charge on any atom is -0.344 e. The molecule has 126 valence electrons. The number of nitrogens with zero attached hydrogens (tertiary/aromatic N) is 2. The fraction of sp³-hybridized carbons (Fsp3) is 0.588. The van der Waals surface area contributed by atoms with Crippen molar-refractivity contribution in [3.05, 3.63) is 29.3 Å². The maximum Gasteiger partial charge on any atom is 0.178 e. The van der Waals surface area contributed by atoms with E-state index in [0.29, 0.717) is 16.6 Å². The first-order valence-corrected chi connectivity index (χ1v) is 10.9. The van der Waals surface area contributed by atoms with Crippen LogP contribution in [0.2, 0.25) is 0 Å². The molecule has 1 aromatic carbocycles. The lowest BCUT2D eigenvalue weighted by molar-refractivity contribution is 0.354. The van der Waals surface area contributed by atoms with Crippen molar-refractivity contribution < 1.29 is 8.42 Å². The minimum absolute atomic E-state index is 0.217. The Morgan fingerprint density at radius 3 is 2.74 bits per heavy atom. The van der Waals surface area contributed by atoms with Crippen molar-refractivity contribution in [1.82, 2.24) is 4.90 Å². The number of aliphatic imine (C=N–C) groups is 1. The largest absolute Gasteiger partial charge is 0.344 e. The van der Waals surface area contributed by atoms with Crippen LogP contribution in [-0.2, 0) is 16.3 Å². The molecule has 4 nitrogen and oxygen atoms in total. The minimum atomic E-state index is -3.16. The van der Waals surface area contributed by atoms with Gasteiger partial charge in [0.05, 0.1) is 16.7 Å². The Bertz CT molecular complexity index is 728. The van der Waals surface area contributed by atoms with E-state index in [0.717, 1.165) is 24.7 Å². The SMILES string of the molecule is CCCS(=O)(=O)c1ccc2c(c1)C1C(C2)SC(=NCC)N1CC. The molecule has 1 heterocycles. The van der Waals surface area contributed by atoms with Crippen LogP contribution in [0, 0.1) is 0 Å². The molecule has 6 heteroatoms. The van der Waals surface area contributed by atoms with Crippen LogP contribution in [0.25, 0.3) is 0 Å². The monoisotopic (exact) mass is 352 g/mol. The van der Waals surface area contributed by atoms with Gasteiger partial charge in [0.15, 0.2) is 15.0 Å². The fourth-order valence-electron chi connectivity index (χ4n) is 3.54. The summed E-state index contributed by atoms with van der Waals surface area (Å²) in [6, 6.07) is 5.99. The number of fused-ring (bicyclic) bond motifs is 3. The van der Waals surface area contributed by atoms with Crippen LogP contribution in [0.4, 0.5) is 0 Å². The molecule has 1 saturated heterocycles. The quantitative estimate of drug-likeness (QED) is 0.816. The van der Waals surface area contributed by atoms with Gasteiger partial charge in [-0.15, -0.1) is 0 Å². The normalized spacial score (nSPS) is 25.0. The van der Waals surface area contributed by atoms with Crippen LogP contribution >= 0.6 is 11.8 Å². The summed E-state index contributed by atoms with van der Waals surface area (Å²) in [5.74, 6) is 0.217. The summed E-state index contributed by atoms with van der Waals surface area (Å²) in [7, 11) is -3.16. The highest BCUT2D eigenvalue weighted by Gasteiger charge is 2.44. The van der Waals surface area contributed by atoms with Gasteiger partial charge in [-0.1, -0.05) is 24.8 Å². The Morgan fingerprint density at radius 1 is 1.30 bits per heavy atom. The number of rotatable bonds is 5. The number of thioether (sulfide) groups is 1. The van der Waals surface area contributed by atoms with E-state index >= 15 is 0 Å². The molecular formula is C17H24N2O2S2. The zero-order valence-electron chi connectivity index (χ0n) is 13.9. The van der Waals surface area contributed by atoms with Crippen molar-refractivity contribution in [3.8, 4) is 0 Å². The van der Waals surface area contributed by atoms with Crippen molar-refractivity contribution in [2.45, 2.75) is 49.8 Å². The number of sulfone groups is 1. The third-order valence-corrected chi connectivity index (χ3v) is 7.73. The predicted octanol–water partition coefficient (Wildman–Crippen LogP) is 3.28. The van der Waals surface area contributed by atoms with Gasteiger partial charge in [-0.2, -0.15) is 0 Å². The summed E-state index contributed by atoms with van der Waals surface area (Å²) in [6.07, 6.45) is 1.65. The van der Waals surface area contributed by atoms with Crippen molar-refractivity contribution in [1.29, 1.82) is 0 Å². The number of hydrogen-bond acceptors (Lipinski definition) is 4. The molecule has 2 aliphatic rings. The van der Waals surface area contributed by atoms with Crippen molar-refractivity contribution in [3.63, 3.8) is 0 Å². The lowest BCUT2D eigenvalue weighted by Crippen LogP contribution is -2.28. The summed E-state index contributed by atoms with van der Waals surface area (Å²) < 4.78 is 24.8. The zero-order valence-corrected chi connectivity index (χ0v) is 15.6. The van der Waals surface area contributed by atoms with Gasteiger partial charge < -0.3 is 4.90 Å². The molecule has 3 rings (SSSR count). The molecule has 0 bridgehead atoms. The van der Waals surface area contributed by atoms with Gasteiger partial charge in [0.1, 0.15) is 0 Å². The molecule has 2 unspecified atom stereocenters. The third-order valence-electron chi connectivity index (χ3n) is 4.51. The molecule has 0 amide bonds. The molecule has 0 saturated carbocycles. The van der Waals surface area contributed by atoms with Crippen molar-refractivity contribution >= 4 is 26.8 Å². The van der Waals surface area contributed by atoms with E-state index in [1.807, 2.05) is 30.8 Å². The van der Waals surface area contributed by atoms with Crippen LogP contribution in [0.5, 0.6) is 0 Å². The van der Waals surface area contributed by atoms with E-state index in [9.17, 15) is 8.42 Å². The van der Waals surface area contributed by atoms with Gasteiger partial charge >= 0.3 is 0 Å². The topological polar surface area (TPSA) is 49.7 Å². The molecule has 1 fully saturated rings. The van der Waals surface area contributed by atoms with Gasteiger partial charge in [-0.05, 0) is 49.9 Å². The lowest BCUT2D eigenvalue weighted by atomic mass is 10.1. The van der Waals surface area contributed by atoms with Crippen LogP contribution < -0.4 is 0 Å². The van der Waals surface area contributed by atoms with Crippen LogP contribution in [-0.4, -0.2) is 42.6 Å². The Morgan fingerprint density at radius 2 is 2.09 bits per heavy atom. The van der Waals surface area contributed by atoms with Crippen LogP contribution in [0.15, 0.2) is 28.1 Å². The third kappa shape index (κ3) is 2.91. The molecular weight excluding hydrogens is 328 g/mol. The number of benzene rings is 1. The molecule has 1 aliphatic heterocycles. The highest BCUT2D eigenvalue weighted by Crippen LogP contribution is 2.49. The summed E-state index contributed by atoms with van der Waals surface area (Å²) in [4.78, 5) is 7.43. The summed E-state index contributed by atoms with van der Waals surface area (Å²) in [5.41, 5.74) is 2.47. The predicted molar refractivity (Wildman–Crippen MR) is 97.0 cm³/mol. The molecule has 2 atom stereocenters. The lowest BCUT2D eigenvalue weighted by Gasteiger charge is -2.25. The second-order valence-electron chi connectivity index (χ2n) is 6.03. The maximum absolute atomic E-state index is 12.4. The number of amidine groups is 1. The van der Waals surface area contributed by atoms with Crippen LogP contribution in [0.3, 0.4) is 0 Å². The van der Waals surface area contributed by atoms with E-state index in [4.69, 9.17) is 0 Å². The van der Waals surface area contributed by atoms with E-state index in [1.54, 1.807) is 6.07 Å². The second-order valence-corrected chi connectivity index (χ2v) is 9.34. The Kier molecular flexibility index (Phi) is 4.74. The molecule has 1 aromatic rings. The average Bonchev–Trinajstić information content (AvgIpc) is 3.02. The fourth-order valence-corrected chi connectivity index (χ4v) is 6.43. The highest BCUT2D eigenvalue weighted by molar-refractivity contribution is 8.14. The van der Waals surface area contributed by atoms with E-state index in [2.05, 4.69) is 23.7 Å². The van der Waals surface area contributed by atoms with Gasteiger partial charge in [-0.25, -0.2) is 8.42 Å². The first-order valence-electron chi connectivity index (χ1n) is 8.35. The molecule has 1 aliphatic carbocycles. The molecule has 0 spiro atoms. The second kappa shape index (κ2) is 6.48. The highest BCUT2D eigenvalue weighted by atomic mass is 32.2. The molecule has 23 heavy (non-hydrogen) atoms. The van der Waals surface area contributed by atoms with Crippen LogP contribution in [0.1, 0.15) is 44.4 Å². The van der Waals surface area contributed by atoms with Gasteiger partial charge in [0.2, 0.25) is 0 Å². The first kappa shape index (κ1) is 16.8. The number of hydrogen-bond donors (Lipinski definition) is 0. The molecule has 0 radical (unpaired) electrons. The van der Waals surface area contributed by atoms with E-state index < -0.39 is 9.84 Å². The first-order chi connectivity index (χ1) is 11.0. The molecule has 0 aromatic heterocycles. The van der Waals surface area contributed by atoms with Gasteiger partial charge in [0, 0.05) is 18.3 Å². The Hall–Kier alpha value is -1.01. The van der Waals surface area contributed by atoms with Crippen molar-refractivity contribution in [2.75, 3.05) is 18.8 Å². The summed E-state index contributed by atoms with van der Waals surface area (Å²) in [6.45, 7) is 7.79. The Balaban J connectivity index is 2.00. The Labute approximate surface area is 143 Å². The summed E-state index contributed by atoms with van der Waals surface area (Å²) >= 11 is 1.85. The average molecular weight is 353 g/mol.